The quantitative estimate of drug-likeness (QED) is 0.426. The van der Waals surface area contributed by atoms with E-state index in [9.17, 15) is 5.11 Å². The van der Waals surface area contributed by atoms with E-state index in [1.165, 1.54) is 57.8 Å². The van der Waals surface area contributed by atoms with Crippen LogP contribution in [0.5, 0.6) is 0 Å². The van der Waals surface area contributed by atoms with E-state index >= 15 is 0 Å². The van der Waals surface area contributed by atoms with Crippen molar-refractivity contribution in [3.63, 3.8) is 0 Å². The Labute approximate surface area is 199 Å². The van der Waals surface area contributed by atoms with Crippen LogP contribution in [0.3, 0.4) is 0 Å². The normalized spacial score (nSPS) is 54.0. The van der Waals surface area contributed by atoms with E-state index in [1.807, 2.05) is 0 Å². The second-order valence-corrected chi connectivity index (χ2v) is 14.2. The number of aliphatic hydroxyl groups is 1. The van der Waals surface area contributed by atoms with E-state index in [0.717, 1.165) is 36.0 Å². The second-order valence-electron chi connectivity index (χ2n) is 14.2. The molecule has 0 saturated heterocycles. The minimum atomic E-state index is -0.0365. The van der Waals surface area contributed by atoms with Crippen LogP contribution < -0.4 is 0 Å². The first kappa shape index (κ1) is 23.4. The predicted molar refractivity (Wildman–Crippen MR) is 135 cm³/mol. The summed E-state index contributed by atoms with van der Waals surface area (Å²) in [7, 11) is 0. The van der Waals surface area contributed by atoms with Crippen LogP contribution in [0.1, 0.15) is 113 Å². The van der Waals surface area contributed by atoms with Crippen molar-refractivity contribution in [3.05, 3.63) is 12.2 Å². The zero-order chi connectivity index (χ0) is 23.1. The first-order valence-corrected chi connectivity index (χ1v) is 14.4. The summed E-state index contributed by atoms with van der Waals surface area (Å²) in [6, 6.07) is 0. The molecule has 1 N–H and O–H groups in total. The summed E-state index contributed by atoms with van der Waals surface area (Å²) < 4.78 is 0. The highest BCUT2D eigenvalue weighted by atomic mass is 16.3. The van der Waals surface area contributed by atoms with Crippen LogP contribution in [0.25, 0.3) is 0 Å². The van der Waals surface area contributed by atoms with Crippen molar-refractivity contribution in [2.24, 2.45) is 63.1 Å². The van der Waals surface area contributed by atoms with Gasteiger partial charge >= 0.3 is 0 Å². The average Bonchev–Trinajstić information content (AvgIpc) is 3.33. The first-order chi connectivity index (χ1) is 15.1. The lowest BCUT2D eigenvalue weighted by Crippen LogP contribution is -2.55. The Morgan fingerprint density at radius 2 is 1.62 bits per heavy atom. The fourth-order valence-corrected chi connectivity index (χ4v) is 11.2. The molecule has 0 bridgehead atoms. The van der Waals surface area contributed by atoms with Crippen LogP contribution in [0, 0.1) is 63.1 Å². The fraction of sp³-hybridized carbons (Fsp3) is 0.935. The molecule has 5 fully saturated rings. The number of allylic oxidation sites excluding steroid dienone is 2. The molecule has 5 aliphatic carbocycles. The van der Waals surface area contributed by atoms with E-state index in [0.29, 0.717) is 33.5 Å². The van der Waals surface area contributed by atoms with E-state index in [-0.39, 0.29) is 6.10 Å². The van der Waals surface area contributed by atoms with Crippen molar-refractivity contribution < 1.29 is 5.11 Å². The summed E-state index contributed by atoms with van der Waals surface area (Å²) in [6.07, 6.45) is 19.0. The highest BCUT2D eigenvalue weighted by molar-refractivity contribution is 5.29. The van der Waals surface area contributed by atoms with Crippen molar-refractivity contribution in [1.29, 1.82) is 0 Å². The lowest BCUT2D eigenvalue weighted by Gasteiger charge is -2.62. The fourth-order valence-electron chi connectivity index (χ4n) is 11.2. The van der Waals surface area contributed by atoms with Gasteiger partial charge in [0.15, 0.2) is 0 Å². The molecule has 5 saturated carbocycles. The van der Waals surface area contributed by atoms with Gasteiger partial charge in [0.2, 0.25) is 0 Å². The molecule has 0 heterocycles. The number of hydrogen-bond donors (Lipinski definition) is 1. The summed E-state index contributed by atoms with van der Waals surface area (Å²) >= 11 is 0. The van der Waals surface area contributed by atoms with Crippen LogP contribution in [0.4, 0.5) is 0 Å². The lowest BCUT2D eigenvalue weighted by molar-refractivity contribution is -0.141. The molecular formula is C31H52O. The zero-order valence-electron chi connectivity index (χ0n) is 22.3. The first-order valence-electron chi connectivity index (χ1n) is 14.4. The lowest BCUT2D eigenvalue weighted by atomic mass is 9.43. The van der Waals surface area contributed by atoms with Gasteiger partial charge in [-0.2, -0.15) is 0 Å². The van der Waals surface area contributed by atoms with Crippen molar-refractivity contribution in [2.45, 2.75) is 119 Å². The van der Waals surface area contributed by atoms with E-state index < -0.39 is 0 Å². The molecule has 0 amide bonds. The molecule has 5 aliphatic rings. The minimum Gasteiger partial charge on any atom is -0.393 e. The van der Waals surface area contributed by atoms with E-state index in [1.54, 1.807) is 0 Å². The Morgan fingerprint density at radius 3 is 2.31 bits per heavy atom. The summed E-state index contributed by atoms with van der Waals surface area (Å²) in [5, 5.41) is 10.6. The third kappa shape index (κ3) is 2.85. The molecule has 32 heavy (non-hydrogen) atoms. The smallest absolute Gasteiger partial charge is 0.0568 e. The van der Waals surface area contributed by atoms with Gasteiger partial charge in [-0.05, 0) is 127 Å². The Bertz CT molecular complexity index is 754. The van der Waals surface area contributed by atoms with Gasteiger partial charge in [-0.1, -0.05) is 60.6 Å². The molecule has 1 nitrogen and oxygen atoms in total. The van der Waals surface area contributed by atoms with Crippen molar-refractivity contribution in [1.82, 2.24) is 0 Å². The van der Waals surface area contributed by atoms with Gasteiger partial charge in [0.05, 0.1) is 6.10 Å². The van der Waals surface area contributed by atoms with Gasteiger partial charge in [0, 0.05) is 0 Å². The molecule has 0 radical (unpaired) electrons. The third-order valence-electron chi connectivity index (χ3n) is 13.3. The zero-order valence-corrected chi connectivity index (χ0v) is 22.3. The molecule has 0 aromatic heterocycles. The molecule has 1 heteroatoms. The Kier molecular flexibility index (Phi) is 5.57. The molecule has 11 atom stereocenters. The molecule has 1 unspecified atom stereocenters. The highest BCUT2D eigenvalue weighted by Crippen LogP contribution is 2.88. The molecule has 0 aliphatic heterocycles. The van der Waals surface area contributed by atoms with Crippen molar-refractivity contribution in [2.75, 3.05) is 0 Å². The van der Waals surface area contributed by atoms with E-state index in [4.69, 9.17) is 0 Å². The average molecular weight is 441 g/mol. The molecule has 2 spiro atoms. The third-order valence-corrected chi connectivity index (χ3v) is 13.3. The summed E-state index contributed by atoms with van der Waals surface area (Å²) in [4.78, 5) is 0. The van der Waals surface area contributed by atoms with Gasteiger partial charge in [-0.3, -0.25) is 0 Å². The standard InChI is InChI=1S/C31H52O/c1-8-23(20(2)3)10-9-21(4)24-13-15-29(7)27-12-11-25-22(5)26(32)14-16-30(25)19-31(27,30)18-17-28(24,29)6/h9-10,20-27,32H,8,11-19H2,1-7H3/b10-9+/t21-,22+,23?,24-,25+,26+,27+,28-,29+,30-,31+/m1/s1. The number of rotatable bonds is 5. The Balaban J connectivity index is 1.39. The van der Waals surface area contributed by atoms with Crippen LogP contribution in [-0.4, -0.2) is 11.2 Å². The molecule has 0 aromatic rings. The minimum absolute atomic E-state index is 0.0365. The maximum Gasteiger partial charge on any atom is 0.0568 e. The van der Waals surface area contributed by atoms with Gasteiger partial charge in [0.1, 0.15) is 0 Å². The maximum absolute atomic E-state index is 10.6. The van der Waals surface area contributed by atoms with Gasteiger partial charge < -0.3 is 5.11 Å². The summed E-state index contributed by atoms with van der Waals surface area (Å²) in [5.74, 6) is 5.31. The van der Waals surface area contributed by atoms with Gasteiger partial charge in [0.25, 0.3) is 0 Å². The number of hydrogen-bond acceptors (Lipinski definition) is 1. The summed E-state index contributed by atoms with van der Waals surface area (Å²) in [6.45, 7) is 17.5. The molecule has 182 valence electrons. The van der Waals surface area contributed by atoms with Gasteiger partial charge in [-0.25, -0.2) is 0 Å². The van der Waals surface area contributed by atoms with Crippen molar-refractivity contribution in [3.8, 4) is 0 Å². The highest BCUT2D eigenvalue weighted by Gasteiger charge is 2.81. The monoisotopic (exact) mass is 440 g/mol. The topological polar surface area (TPSA) is 20.2 Å². The molecular weight excluding hydrogens is 388 g/mol. The molecule has 5 rings (SSSR count). The largest absolute Gasteiger partial charge is 0.393 e. The van der Waals surface area contributed by atoms with Crippen LogP contribution in [-0.2, 0) is 0 Å². The van der Waals surface area contributed by atoms with Crippen LogP contribution in [0.2, 0.25) is 0 Å². The SMILES string of the molecule is CCC(/C=C/[C@@H](C)[C@H]1CC[C@@]2(C)[C@@H]3CC[C@H]4[C@H](C)[C@@H](O)CC[C@@]45C[C@@]35CC[C@]12C)C(C)C. The second kappa shape index (κ2) is 7.60. The maximum atomic E-state index is 10.6. The van der Waals surface area contributed by atoms with Crippen molar-refractivity contribution >= 4 is 0 Å². The Hall–Kier alpha value is -0.300. The van der Waals surface area contributed by atoms with Crippen LogP contribution in [0.15, 0.2) is 12.2 Å². The number of aliphatic hydroxyl groups excluding tert-OH is 1. The van der Waals surface area contributed by atoms with Gasteiger partial charge in [-0.15, -0.1) is 0 Å². The predicted octanol–water partition coefficient (Wildman–Crippen LogP) is 8.27. The summed E-state index contributed by atoms with van der Waals surface area (Å²) in [5.41, 5.74) is 2.27. The Morgan fingerprint density at radius 1 is 0.875 bits per heavy atom. The molecule has 0 aromatic carbocycles. The number of fused-ring (bicyclic) bond motifs is 2. The van der Waals surface area contributed by atoms with Crippen LogP contribution >= 0.6 is 0 Å². The van der Waals surface area contributed by atoms with E-state index in [2.05, 4.69) is 60.6 Å².